The van der Waals surface area contributed by atoms with E-state index in [1.807, 2.05) is 0 Å². The lowest BCUT2D eigenvalue weighted by Crippen LogP contribution is -2.42. The Morgan fingerprint density at radius 2 is 2.20 bits per heavy atom. The molecular formula is C10H19N3O2. The van der Waals surface area contributed by atoms with Crippen LogP contribution in [0.1, 0.15) is 26.7 Å². The summed E-state index contributed by atoms with van der Waals surface area (Å²) in [6, 6.07) is 0. The van der Waals surface area contributed by atoms with Crippen LogP contribution in [0.2, 0.25) is 0 Å². The topological polar surface area (TPSA) is 102 Å². The Bertz CT molecular complexity index is 266. The average Bonchev–Trinajstić information content (AvgIpc) is 2.10. The van der Waals surface area contributed by atoms with Crippen LogP contribution in [-0.2, 0) is 4.79 Å². The van der Waals surface area contributed by atoms with Gasteiger partial charge >= 0.3 is 5.97 Å². The number of hydrogen-bond donors (Lipinski definition) is 3. The zero-order valence-electron chi connectivity index (χ0n) is 9.23. The average molecular weight is 213 g/mol. The first kappa shape index (κ1) is 13.6. The molecule has 0 aliphatic carbocycles. The number of nitrogens with zero attached hydrogens (tertiary/aromatic N) is 1. The number of allylic oxidation sites excluding steroid dienone is 1. The van der Waals surface area contributed by atoms with Crippen LogP contribution in [0.4, 0.5) is 0 Å². The highest BCUT2D eigenvalue weighted by Gasteiger charge is 2.23. The lowest BCUT2D eigenvalue weighted by atomic mass is 10.0. The predicted octanol–water partition coefficient (Wildman–Crippen LogP) is 0.502. The molecule has 1 unspecified atom stereocenters. The zero-order chi connectivity index (χ0) is 11.9. The standard InChI is InChI=1S/C10H19N3O2/c1-8(11)13-7-5-3-4-6-10(2,12)9(14)15/h4,6H,3,5,7,12H2,1-2H3,(H2,11,13)(H,14,15)/b6-4-. The summed E-state index contributed by atoms with van der Waals surface area (Å²) in [5, 5.41) is 8.70. The second-order valence-corrected chi connectivity index (χ2v) is 3.66. The molecule has 86 valence electrons. The third-order valence-corrected chi connectivity index (χ3v) is 1.82. The van der Waals surface area contributed by atoms with Crippen molar-refractivity contribution in [2.45, 2.75) is 32.2 Å². The number of nitrogens with two attached hydrogens (primary N) is 2. The van der Waals surface area contributed by atoms with Crippen molar-refractivity contribution in [1.82, 2.24) is 0 Å². The molecule has 15 heavy (non-hydrogen) atoms. The van der Waals surface area contributed by atoms with Gasteiger partial charge < -0.3 is 16.6 Å². The second-order valence-electron chi connectivity index (χ2n) is 3.66. The van der Waals surface area contributed by atoms with Gasteiger partial charge in [-0.1, -0.05) is 12.2 Å². The Morgan fingerprint density at radius 1 is 1.60 bits per heavy atom. The molecule has 1 atom stereocenters. The molecule has 0 fully saturated rings. The van der Waals surface area contributed by atoms with E-state index in [9.17, 15) is 4.79 Å². The van der Waals surface area contributed by atoms with E-state index in [1.54, 1.807) is 13.0 Å². The highest BCUT2D eigenvalue weighted by atomic mass is 16.4. The number of hydrogen-bond acceptors (Lipinski definition) is 3. The first-order valence-corrected chi connectivity index (χ1v) is 4.83. The quantitative estimate of drug-likeness (QED) is 0.259. The maximum absolute atomic E-state index is 10.6. The Morgan fingerprint density at radius 3 is 2.67 bits per heavy atom. The van der Waals surface area contributed by atoms with Crippen LogP contribution >= 0.6 is 0 Å². The molecule has 0 heterocycles. The number of carbonyl (C=O) groups is 1. The number of rotatable bonds is 6. The summed E-state index contributed by atoms with van der Waals surface area (Å²) in [6.07, 6.45) is 4.83. The maximum atomic E-state index is 10.6. The van der Waals surface area contributed by atoms with Crippen molar-refractivity contribution in [3.63, 3.8) is 0 Å². The van der Waals surface area contributed by atoms with Crippen molar-refractivity contribution >= 4 is 11.8 Å². The molecule has 0 aromatic rings. The second kappa shape index (κ2) is 6.19. The fraction of sp³-hybridized carbons (Fsp3) is 0.600. The van der Waals surface area contributed by atoms with Crippen LogP contribution in [0.3, 0.4) is 0 Å². The highest BCUT2D eigenvalue weighted by Crippen LogP contribution is 2.03. The molecule has 0 spiro atoms. The summed E-state index contributed by atoms with van der Waals surface area (Å²) in [7, 11) is 0. The SMILES string of the molecule is CC(N)=NCCC/C=C\C(C)(N)C(=O)O. The minimum absolute atomic E-state index is 0.563. The molecule has 0 aliphatic heterocycles. The molecule has 5 N–H and O–H groups in total. The number of amidine groups is 1. The Hall–Kier alpha value is -1.36. The van der Waals surface area contributed by atoms with E-state index in [2.05, 4.69) is 4.99 Å². The van der Waals surface area contributed by atoms with Crippen molar-refractivity contribution in [2.24, 2.45) is 16.5 Å². The maximum Gasteiger partial charge on any atom is 0.327 e. The van der Waals surface area contributed by atoms with Gasteiger partial charge in [0, 0.05) is 6.54 Å². The normalized spacial score (nSPS) is 16.6. The molecule has 0 rings (SSSR count). The summed E-state index contributed by atoms with van der Waals surface area (Å²) in [5.41, 5.74) is 9.55. The third kappa shape index (κ3) is 6.68. The number of aliphatic carboxylic acids is 1. The van der Waals surface area contributed by atoms with Gasteiger partial charge in [-0.2, -0.15) is 0 Å². The van der Waals surface area contributed by atoms with E-state index in [0.717, 1.165) is 12.8 Å². The monoisotopic (exact) mass is 213 g/mol. The van der Waals surface area contributed by atoms with Crippen molar-refractivity contribution in [3.8, 4) is 0 Å². The smallest absolute Gasteiger partial charge is 0.327 e. The van der Waals surface area contributed by atoms with Crippen LogP contribution in [-0.4, -0.2) is 29.0 Å². The Kier molecular flexibility index (Phi) is 5.62. The van der Waals surface area contributed by atoms with Crippen LogP contribution in [0.25, 0.3) is 0 Å². The van der Waals surface area contributed by atoms with E-state index in [4.69, 9.17) is 16.6 Å². The number of unbranched alkanes of at least 4 members (excludes halogenated alkanes) is 1. The lowest BCUT2D eigenvalue weighted by Gasteiger charge is -2.12. The van der Waals surface area contributed by atoms with E-state index in [0.29, 0.717) is 12.4 Å². The molecule has 5 heteroatoms. The molecular weight excluding hydrogens is 194 g/mol. The van der Waals surface area contributed by atoms with Gasteiger partial charge in [0.25, 0.3) is 0 Å². The van der Waals surface area contributed by atoms with Crippen LogP contribution < -0.4 is 11.5 Å². The molecule has 0 radical (unpaired) electrons. The fourth-order valence-electron chi connectivity index (χ4n) is 0.864. The molecule has 0 aromatic carbocycles. The number of carboxylic acids is 1. The van der Waals surface area contributed by atoms with Crippen molar-refractivity contribution < 1.29 is 9.90 Å². The molecule has 0 bridgehead atoms. The summed E-state index contributed by atoms with van der Waals surface area (Å²) in [4.78, 5) is 14.6. The van der Waals surface area contributed by atoms with Crippen molar-refractivity contribution in [3.05, 3.63) is 12.2 Å². The highest BCUT2D eigenvalue weighted by molar-refractivity contribution is 5.80. The van der Waals surface area contributed by atoms with E-state index in [-0.39, 0.29) is 0 Å². The van der Waals surface area contributed by atoms with E-state index >= 15 is 0 Å². The van der Waals surface area contributed by atoms with E-state index in [1.165, 1.54) is 13.0 Å². The third-order valence-electron chi connectivity index (χ3n) is 1.82. The Labute approximate surface area is 89.9 Å². The van der Waals surface area contributed by atoms with Gasteiger partial charge in [0.15, 0.2) is 0 Å². The minimum atomic E-state index is -1.28. The molecule has 0 saturated carbocycles. The molecule has 0 aromatic heterocycles. The predicted molar refractivity (Wildman–Crippen MR) is 60.8 cm³/mol. The van der Waals surface area contributed by atoms with Gasteiger partial charge in [-0.3, -0.25) is 4.99 Å². The van der Waals surface area contributed by atoms with Crippen LogP contribution in [0.15, 0.2) is 17.1 Å². The molecule has 5 nitrogen and oxygen atoms in total. The number of aliphatic imine (C=N–C) groups is 1. The zero-order valence-corrected chi connectivity index (χ0v) is 9.23. The fourth-order valence-corrected chi connectivity index (χ4v) is 0.864. The number of carboxylic acid groups (broad SMARTS) is 1. The molecule has 0 aliphatic rings. The molecule has 0 amide bonds. The van der Waals surface area contributed by atoms with Crippen molar-refractivity contribution in [1.29, 1.82) is 0 Å². The van der Waals surface area contributed by atoms with Gasteiger partial charge in [0.1, 0.15) is 5.54 Å². The van der Waals surface area contributed by atoms with Gasteiger partial charge in [-0.05, 0) is 26.7 Å². The Balaban J connectivity index is 3.82. The van der Waals surface area contributed by atoms with Crippen LogP contribution in [0.5, 0.6) is 0 Å². The van der Waals surface area contributed by atoms with Gasteiger partial charge in [0.05, 0.1) is 5.84 Å². The minimum Gasteiger partial charge on any atom is -0.480 e. The summed E-state index contributed by atoms with van der Waals surface area (Å²) < 4.78 is 0. The van der Waals surface area contributed by atoms with Gasteiger partial charge in [-0.25, -0.2) is 4.79 Å². The first-order chi connectivity index (χ1) is 6.86. The lowest BCUT2D eigenvalue weighted by molar-refractivity contribution is -0.140. The van der Waals surface area contributed by atoms with Crippen LogP contribution in [0, 0.1) is 0 Å². The molecule has 0 saturated heterocycles. The van der Waals surface area contributed by atoms with Gasteiger partial charge in [-0.15, -0.1) is 0 Å². The summed E-state index contributed by atoms with van der Waals surface area (Å²) in [5.74, 6) is -0.470. The largest absolute Gasteiger partial charge is 0.480 e. The summed E-state index contributed by atoms with van der Waals surface area (Å²) in [6.45, 7) is 3.84. The first-order valence-electron chi connectivity index (χ1n) is 4.83. The van der Waals surface area contributed by atoms with E-state index < -0.39 is 11.5 Å². The van der Waals surface area contributed by atoms with Gasteiger partial charge in [0.2, 0.25) is 0 Å². The van der Waals surface area contributed by atoms with Crippen molar-refractivity contribution in [2.75, 3.05) is 6.54 Å². The summed E-state index contributed by atoms with van der Waals surface area (Å²) >= 11 is 0.